The summed E-state index contributed by atoms with van der Waals surface area (Å²) < 4.78 is 16.7. The summed E-state index contributed by atoms with van der Waals surface area (Å²) in [6.07, 6.45) is -5.50. The first-order chi connectivity index (χ1) is 14.7. The van der Waals surface area contributed by atoms with Gasteiger partial charge < -0.3 is 50.3 Å². The van der Waals surface area contributed by atoms with E-state index in [1.807, 2.05) is 0 Å². The van der Waals surface area contributed by atoms with Gasteiger partial charge in [0.05, 0.1) is 18.2 Å². The van der Waals surface area contributed by atoms with Crippen LogP contribution in [0, 0.1) is 0 Å². The number of fused-ring (bicyclic) bond motifs is 1. The molecule has 0 bridgehead atoms. The number of rotatable bonds is 4. The van der Waals surface area contributed by atoms with Crippen LogP contribution in [-0.2, 0) is 4.74 Å². The number of hydrogen-bond acceptors (Lipinski definition) is 10. The summed E-state index contributed by atoms with van der Waals surface area (Å²) in [5, 5.41) is 78.7. The van der Waals surface area contributed by atoms with Crippen molar-refractivity contribution in [3.63, 3.8) is 0 Å². The Morgan fingerprint density at radius 2 is 1.55 bits per heavy atom. The molecular formula is C20H19O11+. The fraction of sp³-hybridized carbons (Fsp3) is 0.250. The van der Waals surface area contributed by atoms with Gasteiger partial charge in [0.25, 0.3) is 0 Å². The molecule has 8 N–H and O–H groups in total. The van der Waals surface area contributed by atoms with E-state index in [9.17, 15) is 40.9 Å². The minimum Gasteiger partial charge on any atom is -0.507 e. The van der Waals surface area contributed by atoms with Gasteiger partial charge in [-0.2, -0.15) is 0 Å². The maximum absolute atomic E-state index is 10.2. The van der Waals surface area contributed by atoms with E-state index in [1.54, 1.807) is 0 Å². The van der Waals surface area contributed by atoms with Crippen LogP contribution < -0.4 is 4.74 Å². The molecule has 1 aliphatic heterocycles. The Kier molecular flexibility index (Phi) is 5.11. The van der Waals surface area contributed by atoms with E-state index in [1.165, 1.54) is 12.1 Å². The average Bonchev–Trinajstić information content (AvgIpc) is 2.99. The molecular weight excluding hydrogens is 416 g/mol. The van der Waals surface area contributed by atoms with Crippen LogP contribution in [0.5, 0.6) is 34.5 Å². The van der Waals surface area contributed by atoms with Crippen molar-refractivity contribution in [1.29, 1.82) is 0 Å². The standard InChI is InChI=1S/C20H18O11/c21-6-15-17(27)18(28)20(31-15)30-14-5-9-10(23)3-8(22)4-13(9)29-19(14)7-1-11(24)16(26)12(25)2-7/h1-5,15,17-18,20-21,27-28H,6H2,(H4-,22,23,24,25,26)/p+1. The third-order valence-corrected chi connectivity index (χ3v) is 4.89. The molecule has 31 heavy (non-hydrogen) atoms. The number of ether oxygens (including phenoxy) is 2. The molecule has 3 aromatic rings. The summed E-state index contributed by atoms with van der Waals surface area (Å²) in [5.41, 5.74) is 0.0346. The molecule has 0 radical (unpaired) electrons. The molecule has 0 saturated carbocycles. The van der Waals surface area contributed by atoms with Crippen molar-refractivity contribution >= 4 is 11.0 Å². The van der Waals surface area contributed by atoms with Gasteiger partial charge in [-0.1, -0.05) is 0 Å². The Morgan fingerprint density at radius 3 is 2.16 bits per heavy atom. The fourth-order valence-corrected chi connectivity index (χ4v) is 3.30. The van der Waals surface area contributed by atoms with E-state index in [0.29, 0.717) is 0 Å². The summed E-state index contributed by atoms with van der Waals surface area (Å²) in [6.45, 7) is -0.577. The lowest BCUT2D eigenvalue weighted by atomic mass is 10.1. The Hall–Kier alpha value is -3.51. The van der Waals surface area contributed by atoms with Gasteiger partial charge in [-0.15, -0.1) is 0 Å². The minimum absolute atomic E-state index is 0.00747. The lowest BCUT2D eigenvalue weighted by molar-refractivity contribution is -0.116. The first-order valence-corrected chi connectivity index (χ1v) is 9.07. The van der Waals surface area contributed by atoms with Gasteiger partial charge in [-0.25, -0.2) is 4.42 Å². The second-order valence-corrected chi connectivity index (χ2v) is 7.00. The highest BCUT2D eigenvalue weighted by molar-refractivity contribution is 5.88. The van der Waals surface area contributed by atoms with Crippen LogP contribution >= 0.6 is 0 Å². The summed E-state index contributed by atoms with van der Waals surface area (Å²) in [7, 11) is 0. The summed E-state index contributed by atoms with van der Waals surface area (Å²) in [4.78, 5) is 0. The van der Waals surface area contributed by atoms with Crippen LogP contribution in [0.1, 0.15) is 0 Å². The molecule has 11 nitrogen and oxygen atoms in total. The van der Waals surface area contributed by atoms with E-state index in [0.717, 1.165) is 18.2 Å². The number of aromatic hydroxyl groups is 5. The van der Waals surface area contributed by atoms with Crippen molar-refractivity contribution in [1.82, 2.24) is 0 Å². The van der Waals surface area contributed by atoms with E-state index < -0.39 is 48.5 Å². The monoisotopic (exact) mass is 435 g/mol. The predicted molar refractivity (Wildman–Crippen MR) is 103 cm³/mol. The molecule has 0 spiro atoms. The first-order valence-electron chi connectivity index (χ1n) is 9.07. The largest absolute Gasteiger partial charge is 0.507 e. The molecule has 2 aromatic carbocycles. The molecule has 1 fully saturated rings. The maximum atomic E-state index is 10.2. The average molecular weight is 435 g/mol. The van der Waals surface area contributed by atoms with Crippen LogP contribution in [0.4, 0.5) is 0 Å². The highest BCUT2D eigenvalue weighted by Crippen LogP contribution is 2.44. The first kappa shape index (κ1) is 20.8. The number of benzene rings is 2. The van der Waals surface area contributed by atoms with Crippen molar-refractivity contribution in [2.24, 2.45) is 0 Å². The molecule has 4 unspecified atom stereocenters. The smallest absolute Gasteiger partial charge is 0.402 e. The SMILES string of the molecule is OCC1OC(Oc2cc3c(O)cc(O)cc3[o+]c2-c2cc(O)c(O)c(O)c2)C(O)C1O. The molecule has 11 heteroatoms. The van der Waals surface area contributed by atoms with E-state index >= 15 is 0 Å². The second-order valence-electron chi connectivity index (χ2n) is 7.00. The number of phenols is 5. The highest BCUT2D eigenvalue weighted by atomic mass is 16.7. The van der Waals surface area contributed by atoms with Gasteiger partial charge in [0.15, 0.2) is 17.2 Å². The van der Waals surface area contributed by atoms with E-state index in [2.05, 4.69) is 0 Å². The minimum atomic E-state index is -1.53. The number of aliphatic hydroxyl groups excluding tert-OH is 3. The normalized spacial score (nSPS) is 23.3. The van der Waals surface area contributed by atoms with Crippen LogP contribution in [0.25, 0.3) is 22.3 Å². The topological polar surface area (TPSA) is 192 Å². The third-order valence-electron chi connectivity index (χ3n) is 4.89. The summed E-state index contributed by atoms with van der Waals surface area (Å²) in [5.74, 6) is -3.02. The van der Waals surface area contributed by atoms with E-state index in [-0.39, 0.29) is 39.5 Å². The van der Waals surface area contributed by atoms with Crippen LogP contribution in [0.3, 0.4) is 0 Å². The highest BCUT2D eigenvalue weighted by Gasteiger charge is 2.45. The van der Waals surface area contributed by atoms with E-state index in [4.69, 9.17) is 13.9 Å². The third kappa shape index (κ3) is 3.59. The molecule has 1 aliphatic rings. The fourth-order valence-electron chi connectivity index (χ4n) is 3.30. The molecule has 2 heterocycles. The van der Waals surface area contributed by atoms with Crippen molar-refractivity contribution < 1.29 is 54.7 Å². The van der Waals surface area contributed by atoms with Crippen molar-refractivity contribution in [2.45, 2.75) is 24.6 Å². The molecule has 0 amide bonds. The van der Waals surface area contributed by atoms with Crippen molar-refractivity contribution in [2.75, 3.05) is 6.61 Å². The summed E-state index contributed by atoms with van der Waals surface area (Å²) >= 11 is 0. The lowest BCUT2D eigenvalue weighted by Crippen LogP contribution is -2.35. The van der Waals surface area contributed by atoms with Crippen molar-refractivity contribution in [3.05, 3.63) is 30.3 Å². The maximum Gasteiger partial charge on any atom is 0.402 e. The zero-order chi connectivity index (χ0) is 22.4. The zero-order valence-corrected chi connectivity index (χ0v) is 15.7. The molecule has 4 atom stereocenters. The Bertz CT molecular complexity index is 1120. The van der Waals surface area contributed by atoms with Crippen LogP contribution in [-0.4, -0.2) is 72.1 Å². The van der Waals surface area contributed by atoms with Gasteiger partial charge in [-0.3, -0.25) is 0 Å². The molecule has 0 aliphatic carbocycles. The molecule has 1 aromatic heterocycles. The number of aliphatic hydroxyl groups is 3. The van der Waals surface area contributed by atoms with Gasteiger partial charge in [0.2, 0.25) is 12.0 Å². The van der Waals surface area contributed by atoms with Gasteiger partial charge in [0.1, 0.15) is 35.2 Å². The Labute approximate surface area is 173 Å². The Morgan fingerprint density at radius 1 is 0.871 bits per heavy atom. The van der Waals surface area contributed by atoms with Crippen molar-refractivity contribution in [3.8, 4) is 45.8 Å². The zero-order valence-electron chi connectivity index (χ0n) is 15.7. The number of hydrogen-bond donors (Lipinski definition) is 8. The van der Waals surface area contributed by atoms with Gasteiger partial charge in [-0.05, 0) is 0 Å². The van der Waals surface area contributed by atoms with Gasteiger partial charge in [0, 0.05) is 24.3 Å². The lowest BCUT2D eigenvalue weighted by Gasteiger charge is -2.16. The molecule has 1 saturated heterocycles. The second kappa shape index (κ2) is 7.63. The molecule has 4 rings (SSSR count). The predicted octanol–water partition coefficient (Wildman–Crippen LogP) is 0.727. The van der Waals surface area contributed by atoms with Crippen LogP contribution in [0.15, 0.2) is 34.7 Å². The van der Waals surface area contributed by atoms with Crippen LogP contribution in [0.2, 0.25) is 0 Å². The Balaban J connectivity index is 1.87. The quantitative estimate of drug-likeness (QED) is 0.213. The summed E-state index contributed by atoms with van der Waals surface area (Å²) in [6, 6.07) is 5.68. The molecule has 164 valence electrons. The van der Waals surface area contributed by atoms with Gasteiger partial charge >= 0.3 is 11.3 Å². The number of phenolic OH excluding ortho intramolecular Hbond substituents is 5.